The first kappa shape index (κ1) is 14.1. The highest BCUT2D eigenvalue weighted by Gasteiger charge is 2.19. The van der Waals surface area contributed by atoms with Gasteiger partial charge in [-0.1, -0.05) is 18.2 Å². The molecule has 3 rings (SSSR count). The molecule has 21 heavy (non-hydrogen) atoms. The number of fused-ring (bicyclic) bond motifs is 1. The van der Waals surface area contributed by atoms with Crippen LogP contribution >= 0.6 is 11.3 Å². The Kier molecular flexibility index (Phi) is 3.94. The monoisotopic (exact) mass is 304 g/mol. The number of nitrogens with one attached hydrogen (secondary N) is 1. The lowest BCUT2D eigenvalue weighted by molar-refractivity contribution is 0.514. The van der Waals surface area contributed by atoms with E-state index in [1.54, 1.807) is 18.4 Å². The predicted octanol–water partition coefficient (Wildman–Crippen LogP) is 4.08. The van der Waals surface area contributed by atoms with Crippen molar-refractivity contribution in [2.45, 2.75) is 12.5 Å². The van der Waals surface area contributed by atoms with Crippen LogP contribution in [0.5, 0.6) is 0 Å². The zero-order chi connectivity index (χ0) is 14.8. The molecule has 0 amide bonds. The third kappa shape index (κ3) is 2.80. The molecule has 1 heterocycles. The van der Waals surface area contributed by atoms with Crippen molar-refractivity contribution in [3.8, 4) is 0 Å². The van der Waals surface area contributed by atoms with Gasteiger partial charge in [-0.3, -0.25) is 0 Å². The topological polar surface area (TPSA) is 24.9 Å². The normalized spacial score (nSPS) is 12.7. The molecule has 108 valence electrons. The smallest absolute Gasteiger partial charge is 0.129 e. The summed E-state index contributed by atoms with van der Waals surface area (Å²) in [5.74, 6) is -1.03. The van der Waals surface area contributed by atoms with Gasteiger partial charge in [0.05, 0.1) is 16.3 Å². The second-order valence-electron chi connectivity index (χ2n) is 4.77. The zero-order valence-corrected chi connectivity index (χ0v) is 12.3. The molecule has 0 aliphatic carbocycles. The Labute approximate surface area is 125 Å². The van der Waals surface area contributed by atoms with Crippen LogP contribution in [0, 0.1) is 11.6 Å². The number of hydrogen-bond donors (Lipinski definition) is 1. The standard InChI is InChI=1S/C16H14F2N2S/c1-19-14(9-10-11(17)5-4-6-12(10)18)16-20-13-7-2-3-8-15(13)21-16/h2-8,14,19H,9H2,1H3. The summed E-state index contributed by atoms with van der Waals surface area (Å²) in [6, 6.07) is 11.5. The number of nitrogens with zero attached hydrogens (tertiary/aromatic N) is 1. The summed E-state index contributed by atoms with van der Waals surface area (Å²) in [6.45, 7) is 0. The molecule has 2 aromatic carbocycles. The van der Waals surface area contributed by atoms with Crippen molar-refractivity contribution >= 4 is 21.6 Å². The number of thiazole rings is 1. The van der Waals surface area contributed by atoms with Crippen LogP contribution in [0.2, 0.25) is 0 Å². The number of halogens is 2. The van der Waals surface area contributed by atoms with E-state index in [2.05, 4.69) is 10.3 Å². The maximum Gasteiger partial charge on any atom is 0.129 e. The lowest BCUT2D eigenvalue weighted by Crippen LogP contribution is -2.19. The number of aromatic nitrogens is 1. The van der Waals surface area contributed by atoms with Crippen LogP contribution in [0.4, 0.5) is 8.78 Å². The van der Waals surface area contributed by atoms with Crippen LogP contribution in [-0.4, -0.2) is 12.0 Å². The summed E-state index contributed by atoms with van der Waals surface area (Å²) >= 11 is 1.54. The minimum Gasteiger partial charge on any atom is -0.311 e. The molecular weight excluding hydrogens is 290 g/mol. The highest BCUT2D eigenvalue weighted by molar-refractivity contribution is 7.18. The van der Waals surface area contributed by atoms with Crippen molar-refractivity contribution in [1.82, 2.24) is 10.3 Å². The molecule has 0 aliphatic heterocycles. The van der Waals surface area contributed by atoms with E-state index in [1.165, 1.54) is 18.2 Å². The fourth-order valence-electron chi connectivity index (χ4n) is 2.28. The number of rotatable bonds is 4. The second kappa shape index (κ2) is 5.87. The molecule has 0 bridgehead atoms. The van der Waals surface area contributed by atoms with E-state index in [0.29, 0.717) is 0 Å². The lowest BCUT2D eigenvalue weighted by atomic mass is 10.1. The quantitative estimate of drug-likeness (QED) is 0.785. The molecule has 0 radical (unpaired) electrons. The Morgan fingerprint density at radius 1 is 1.10 bits per heavy atom. The molecule has 1 atom stereocenters. The molecule has 1 N–H and O–H groups in total. The summed E-state index contributed by atoms with van der Waals surface area (Å²) in [6.07, 6.45) is 0.231. The maximum atomic E-state index is 13.8. The fourth-order valence-corrected chi connectivity index (χ4v) is 3.36. The van der Waals surface area contributed by atoms with Gasteiger partial charge in [-0.25, -0.2) is 13.8 Å². The van der Waals surface area contributed by atoms with E-state index in [9.17, 15) is 8.78 Å². The third-order valence-electron chi connectivity index (χ3n) is 3.43. The minimum absolute atomic E-state index is 0.0936. The van der Waals surface area contributed by atoms with Crippen molar-refractivity contribution < 1.29 is 8.78 Å². The van der Waals surface area contributed by atoms with Gasteiger partial charge in [-0.15, -0.1) is 11.3 Å². The molecule has 5 heteroatoms. The van der Waals surface area contributed by atoms with Gasteiger partial charge in [0.15, 0.2) is 0 Å². The SMILES string of the molecule is CNC(Cc1c(F)cccc1F)c1nc2ccccc2s1. The lowest BCUT2D eigenvalue weighted by Gasteiger charge is -2.14. The molecule has 1 unspecified atom stereocenters. The average molecular weight is 304 g/mol. The first-order chi connectivity index (χ1) is 10.2. The van der Waals surface area contributed by atoms with E-state index < -0.39 is 11.6 Å². The molecule has 0 fully saturated rings. The van der Waals surface area contributed by atoms with Crippen molar-refractivity contribution in [2.24, 2.45) is 0 Å². The van der Waals surface area contributed by atoms with Gasteiger partial charge in [-0.2, -0.15) is 0 Å². The minimum atomic E-state index is -0.517. The molecular formula is C16H14F2N2S. The van der Waals surface area contributed by atoms with Crippen LogP contribution in [0.3, 0.4) is 0 Å². The number of likely N-dealkylation sites (N-methyl/N-ethyl adjacent to an activating group) is 1. The van der Waals surface area contributed by atoms with Crippen LogP contribution < -0.4 is 5.32 Å². The highest BCUT2D eigenvalue weighted by Crippen LogP contribution is 2.29. The van der Waals surface area contributed by atoms with Crippen LogP contribution in [0.25, 0.3) is 10.2 Å². The Morgan fingerprint density at radius 2 is 1.81 bits per heavy atom. The Morgan fingerprint density at radius 3 is 2.48 bits per heavy atom. The number of para-hydroxylation sites is 1. The van der Waals surface area contributed by atoms with E-state index in [1.807, 2.05) is 24.3 Å². The van der Waals surface area contributed by atoms with Gasteiger partial charge >= 0.3 is 0 Å². The van der Waals surface area contributed by atoms with Crippen molar-refractivity contribution in [3.63, 3.8) is 0 Å². The van der Waals surface area contributed by atoms with Gasteiger partial charge < -0.3 is 5.32 Å². The molecule has 1 aromatic heterocycles. The Hall–Kier alpha value is -1.85. The maximum absolute atomic E-state index is 13.8. The molecule has 3 aromatic rings. The van der Waals surface area contributed by atoms with Gasteiger partial charge in [-0.05, 0) is 37.7 Å². The van der Waals surface area contributed by atoms with Gasteiger partial charge in [0, 0.05) is 5.56 Å². The van der Waals surface area contributed by atoms with Gasteiger partial charge in [0.25, 0.3) is 0 Å². The molecule has 0 aliphatic rings. The highest BCUT2D eigenvalue weighted by atomic mass is 32.1. The van der Waals surface area contributed by atoms with Gasteiger partial charge in [0.2, 0.25) is 0 Å². The summed E-state index contributed by atoms with van der Waals surface area (Å²) in [7, 11) is 1.77. The van der Waals surface area contributed by atoms with Gasteiger partial charge in [0.1, 0.15) is 16.6 Å². The van der Waals surface area contributed by atoms with Crippen molar-refractivity contribution in [3.05, 3.63) is 64.7 Å². The molecule has 0 saturated heterocycles. The molecule has 0 spiro atoms. The predicted molar refractivity (Wildman–Crippen MR) is 81.5 cm³/mol. The largest absolute Gasteiger partial charge is 0.311 e. The van der Waals surface area contributed by atoms with E-state index in [-0.39, 0.29) is 18.0 Å². The van der Waals surface area contributed by atoms with E-state index in [0.717, 1.165) is 15.2 Å². The summed E-state index contributed by atoms with van der Waals surface area (Å²) in [5.41, 5.74) is 1.00. The summed E-state index contributed by atoms with van der Waals surface area (Å²) < 4.78 is 28.6. The fraction of sp³-hybridized carbons (Fsp3) is 0.188. The number of hydrogen-bond acceptors (Lipinski definition) is 3. The van der Waals surface area contributed by atoms with Crippen LogP contribution in [-0.2, 0) is 6.42 Å². The second-order valence-corrected chi connectivity index (χ2v) is 5.83. The van der Waals surface area contributed by atoms with Crippen molar-refractivity contribution in [2.75, 3.05) is 7.05 Å². The first-order valence-corrected chi connectivity index (χ1v) is 7.46. The molecule has 0 saturated carbocycles. The Balaban J connectivity index is 1.95. The number of benzene rings is 2. The van der Waals surface area contributed by atoms with E-state index >= 15 is 0 Å². The third-order valence-corrected chi connectivity index (χ3v) is 4.58. The summed E-state index contributed by atoms with van der Waals surface area (Å²) in [5, 5.41) is 3.93. The van der Waals surface area contributed by atoms with Crippen LogP contribution in [0.1, 0.15) is 16.6 Å². The first-order valence-electron chi connectivity index (χ1n) is 6.64. The Bertz CT molecular complexity index is 717. The zero-order valence-electron chi connectivity index (χ0n) is 11.4. The molecule has 2 nitrogen and oxygen atoms in total. The van der Waals surface area contributed by atoms with E-state index in [4.69, 9.17) is 0 Å². The average Bonchev–Trinajstić information content (AvgIpc) is 2.90. The summed E-state index contributed by atoms with van der Waals surface area (Å²) in [4.78, 5) is 4.55. The van der Waals surface area contributed by atoms with Crippen molar-refractivity contribution in [1.29, 1.82) is 0 Å². The van der Waals surface area contributed by atoms with Crippen LogP contribution in [0.15, 0.2) is 42.5 Å².